The summed E-state index contributed by atoms with van der Waals surface area (Å²) in [6, 6.07) is 10.5. The van der Waals surface area contributed by atoms with Crippen molar-refractivity contribution in [2.24, 2.45) is 0 Å². The van der Waals surface area contributed by atoms with Gasteiger partial charge in [-0.1, -0.05) is 35.3 Å². The second-order valence-corrected chi connectivity index (χ2v) is 5.55. The van der Waals surface area contributed by atoms with Crippen LogP contribution < -0.4 is 10.1 Å². The van der Waals surface area contributed by atoms with E-state index in [2.05, 4.69) is 5.32 Å². The molecule has 116 valence electrons. The number of ether oxygens (including phenoxy) is 1. The molecule has 0 aromatic heterocycles. The molecular weight excluding hydrogens is 328 g/mol. The minimum atomic E-state index is -0.317. The van der Waals surface area contributed by atoms with E-state index in [0.29, 0.717) is 15.8 Å². The minimum absolute atomic E-state index is 0.174. The summed E-state index contributed by atoms with van der Waals surface area (Å²) >= 11 is 11.7. The summed E-state index contributed by atoms with van der Waals surface area (Å²) in [7, 11) is 0. The Kier molecular flexibility index (Phi) is 5.63. The summed E-state index contributed by atoms with van der Waals surface area (Å²) in [4.78, 5) is 11.9. The van der Waals surface area contributed by atoms with Gasteiger partial charge in [0.2, 0.25) is 0 Å². The third-order valence-corrected chi connectivity index (χ3v) is 3.53. The molecule has 3 nitrogen and oxygen atoms in total. The lowest BCUT2D eigenvalue weighted by atomic mass is 10.1. The fourth-order valence-electron chi connectivity index (χ4n) is 1.85. The fourth-order valence-corrected chi connectivity index (χ4v) is 2.32. The number of benzene rings is 2. The third kappa shape index (κ3) is 4.61. The lowest BCUT2D eigenvalue weighted by molar-refractivity contribution is -0.123. The largest absolute Gasteiger partial charge is 0.482 e. The average Bonchev–Trinajstić information content (AvgIpc) is 2.47. The Morgan fingerprint density at radius 1 is 1.23 bits per heavy atom. The van der Waals surface area contributed by atoms with E-state index in [9.17, 15) is 9.18 Å². The molecule has 0 aliphatic carbocycles. The first kappa shape index (κ1) is 16.6. The van der Waals surface area contributed by atoms with Gasteiger partial charge in [0.25, 0.3) is 5.91 Å². The number of carbonyl (C=O) groups excluding carboxylic acids is 1. The first-order chi connectivity index (χ1) is 10.5. The molecule has 1 N–H and O–H groups in total. The van der Waals surface area contributed by atoms with Crippen molar-refractivity contribution in [3.05, 3.63) is 63.9 Å². The molecule has 22 heavy (non-hydrogen) atoms. The first-order valence-corrected chi connectivity index (χ1v) is 7.34. The second-order valence-electron chi connectivity index (χ2n) is 4.70. The molecule has 0 radical (unpaired) electrons. The van der Waals surface area contributed by atoms with Gasteiger partial charge in [-0.15, -0.1) is 0 Å². The van der Waals surface area contributed by atoms with E-state index in [-0.39, 0.29) is 24.4 Å². The molecule has 6 heteroatoms. The van der Waals surface area contributed by atoms with E-state index in [4.69, 9.17) is 27.9 Å². The number of carbonyl (C=O) groups is 1. The fraction of sp³-hybridized carbons (Fsp3) is 0.188. The highest BCUT2D eigenvalue weighted by Gasteiger charge is 2.11. The molecule has 0 aliphatic heterocycles. The number of nitrogens with one attached hydrogen (secondary N) is 1. The van der Waals surface area contributed by atoms with Gasteiger partial charge in [-0.25, -0.2) is 4.39 Å². The summed E-state index contributed by atoms with van der Waals surface area (Å²) < 4.78 is 18.2. The quantitative estimate of drug-likeness (QED) is 0.875. The maximum Gasteiger partial charge on any atom is 0.258 e. The molecule has 0 heterocycles. The molecule has 1 amide bonds. The molecule has 0 aliphatic rings. The van der Waals surface area contributed by atoms with Gasteiger partial charge in [-0.2, -0.15) is 0 Å². The van der Waals surface area contributed by atoms with Crippen LogP contribution in [0.3, 0.4) is 0 Å². The number of hydrogen-bond acceptors (Lipinski definition) is 2. The number of hydrogen-bond donors (Lipinski definition) is 1. The smallest absolute Gasteiger partial charge is 0.258 e. The Labute approximate surface area is 138 Å². The summed E-state index contributed by atoms with van der Waals surface area (Å²) in [5, 5.41) is 3.59. The monoisotopic (exact) mass is 341 g/mol. The SMILES string of the molecule is C[C@@H](NC(=O)COc1ccc(Cl)cc1Cl)c1ccc(F)cc1. The van der Waals surface area contributed by atoms with Crippen molar-refractivity contribution in [2.45, 2.75) is 13.0 Å². The number of rotatable bonds is 5. The predicted octanol–water partition coefficient (Wildman–Crippen LogP) is 4.39. The highest BCUT2D eigenvalue weighted by Crippen LogP contribution is 2.27. The van der Waals surface area contributed by atoms with Crippen LogP contribution >= 0.6 is 23.2 Å². The molecular formula is C16H14Cl2FNO2. The zero-order chi connectivity index (χ0) is 16.1. The van der Waals surface area contributed by atoms with Crippen LogP contribution in [-0.4, -0.2) is 12.5 Å². The molecule has 0 saturated carbocycles. The van der Waals surface area contributed by atoms with E-state index in [1.807, 2.05) is 0 Å². The van der Waals surface area contributed by atoms with E-state index in [1.54, 1.807) is 31.2 Å². The van der Waals surface area contributed by atoms with Crippen LogP contribution in [0, 0.1) is 5.82 Å². The highest BCUT2D eigenvalue weighted by molar-refractivity contribution is 6.35. The van der Waals surface area contributed by atoms with Crippen molar-refractivity contribution in [3.8, 4) is 5.75 Å². The average molecular weight is 342 g/mol. The first-order valence-electron chi connectivity index (χ1n) is 6.58. The molecule has 2 aromatic carbocycles. The van der Waals surface area contributed by atoms with Gasteiger partial charge >= 0.3 is 0 Å². The number of amides is 1. The Morgan fingerprint density at radius 2 is 1.91 bits per heavy atom. The van der Waals surface area contributed by atoms with Gasteiger partial charge < -0.3 is 10.1 Å². The molecule has 1 atom stereocenters. The van der Waals surface area contributed by atoms with Crippen molar-refractivity contribution in [1.82, 2.24) is 5.32 Å². The predicted molar refractivity (Wildman–Crippen MR) is 84.9 cm³/mol. The van der Waals surface area contributed by atoms with Crippen LogP contribution in [-0.2, 0) is 4.79 Å². The molecule has 0 unspecified atom stereocenters. The Balaban J connectivity index is 1.88. The topological polar surface area (TPSA) is 38.3 Å². The van der Waals surface area contributed by atoms with Crippen LogP contribution in [0.2, 0.25) is 10.0 Å². The molecule has 2 rings (SSSR count). The molecule has 2 aromatic rings. The van der Waals surface area contributed by atoms with Gasteiger partial charge in [-0.05, 0) is 42.8 Å². The van der Waals surface area contributed by atoms with Gasteiger partial charge in [0, 0.05) is 5.02 Å². The zero-order valence-electron chi connectivity index (χ0n) is 11.8. The maximum absolute atomic E-state index is 12.9. The van der Waals surface area contributed by atoms with E-state index >= 15 is 0 Å². The second kappa shape index (κ2) is 7.47. The van der Waals surface area contributed by atoms with Gasteiger partial charge in [-0.3, -0.25) is 4.79 Å². The summed E-state index contributed by atoms with van der Waals surface area (Å²) in [5.74, 6) is -0.235. The van der Waals surface area contributed by atoms with E-state index in [0.717, 1.165) is 5.56 Å². The van der Waals surface area contributed by atoms with Gasteiger partial charge in [0.05, 0.1) is 11.1 Å². The summed E-state index contributed by atoms with van der Waals surface area (Å²) in [5.41, 5.74) is 0.805. The molecule has 0 bridgehead atoms. The van der Waals surface area contributed by atoms with Crippen molar-refractivity contribution in [3.63, 3.8) is 0 Å². The van der Waals surface area contributed by atoms with Crippen LogP contribution in [0.15, 0.2) is 42.5 Å². The van der Waals surface area contributed by atoms with Gasteiger partial charge in [0.15, 0.2) is 6.61 Å². The Bertz CT molecular complexity index is 662. The third-order valence-electron chi connectivity index (χ3n) is 3.00. The molecule has 0 spiro atoms. The van der Waals surface area contributed by atoms with Crippen molar-refractivity contribution in [2.75, 3.05) is 6.61 Å². The van der Waals surface area contributed by atoms with Crippen molar-refractivity contribution >= 4 is 29.1 Å². The lowest BCUT2D eigenvalue weighted by Crippen LogP contribution is -2.31. The standard InChI is InChI=1S/C16H14Cl2FNO2/c1-10(11-2-5-13(19)6-3-11)20-16(21)9-22-15-7-4-12(17)8-14(15)18/h2-8,10H,9H2,1H3,(H,20,21)/t10-/m1/s1. The maximum atomic E-state index is 12.9. The van der Waals surface area contributed by atoms with E-state index in [1.165, 1.54) is 18.2 Å². The van der Waals surface area contributed by atoms with Gasteiger partial charge in [0.1, 0.15) is 11.6 Å². The van der Waals surface area contributed by atoms with Crippen molar-refractivity contribution < 1.29 is 13.9 Å². The minimum Gasteiger partial charge on any atom is -0.482 e. The summed E-state index contributed by atoms with van der Waals surface area (Å²) in [6.07, 6.45) is 0. The lowest BCUT2D eigenvalue weighted by Gasteiger charge is -2.15. The summed E-state index contributed by atoms with van der Waals surface area (Å²) in [6.45, 7) is 1.63. The Hall–Kier alpha value is -1.78. The van der Waals surface area contributed by atoms with Crippen LogP contribution in [0.25, 0.3) is 0 Å². The van der Waals surface area contributed by atoms with Crippen molar-refractivity contribution in [1.29, 1.82) is 0 Å². The number of halogens is 3. The van der Waals surface area contributed by atoms with Crippen LogP contribution in [0.4, 0.5) is 4.39 Å². The van der Waals surface area contributed by atoms with E-state index < -0.39 is 0 Å². The normalized spacial score (nSPS) is 11.8. The highest BCUT2D eigenvalue weighted by atomic mass is 35.5. The van der Waals surface area contributed by atoms with Crippen LogP contribution in [0.5, 0.6) is 5.75 Å². The Morgan fingerprint density at radius 3 is 2.55 bits per heavy atom. The molecule has 0 fully saturated rings. The molecule has 0 saturated heterocycles. The van der Waals surface area contributed by atoms with Crippen LogP contribution in [0.1, 0.15) is 18.5 Å². The zero-order valence-corrected chi connectivity index (χ0v) is 13.3.